The Bertz CT molecular complexity index is 1050. The molecule has 0 radical (unpaired) electrons. The van der Waals surface area contributed by atoms with Gasteiger partial charge in [0, 0.05) is 24.3 Å². The van der Waals surface area contributed by atoms with E-state index in [9.17, 15) is 9.59 Å². The molecule has 0 aliphatic rings. The topological polar surface area (TPSA) is 108 Å². The van der Waals surface area contributed by atoms with Crippen molar-refractivity contribution < 1.29 is 28.5 Å². The third-order valence-corrected chi connectivity index (χ3v) is 4.83. The molecular weight excluding hydrogens is 473 g/mol. The third kappa shape index (κ3) is 6.72. The van der Waals surface area contributed by atoms with Crippen molar-refractivity contribution >= 4 is 46.3 Å². The minimum absolute atomic E-state index is 0.173. The molecule has 0 aromatic heterocycles. The minimum atomic E-state index is -1.45. The first-order valence-electron chi connectivity index (χ1n) is 9.98. The largest absolute Gasteiger partial charge is 0.495 e. The van der Waals surface area contributed by atoms with Gasteiger partial charge in [0.25, 0.3) is 5.91 Å². The van der Waals surface area contributed by atoms with Crippen molar-refractivity contribution in [2.45, 2.75) is 26.8 Å². The van der Waals surface area contributed by atoms with Crippen LogP contribution in [0.3, 0.4) is 0 Å². The zero-order valence-electron chi connectivity index (χ0n) is 18.9. The summed E-state index contributed by atoms with van der Waals surface area (Å²) >= 11 is 12.4. The fourth-order valence-electron chi connectivity index (χ4n) is 2.76. The van der Waals surface area contributed by atoms with Gasteiger partial charge in [-0.1, -0.05) is 23.2 Å². The smallest absolute Gasteiger partial charge is 0.258 e. The highest BCUT2D eigenvalue weighted by Crippen LogP contribution is 2.40. The van der Waals surface area contributed by atoms with Gasteiger partial charge in [0.15, 0.2) is 11.5 Å². The molecule has 2 rings (SSSR count). The SMILES string of the molecule is CCOc1cc(Cl)c(N=NC(C(C)=O)C(=O)Nc2cc(OC)c(Cl)cc2OC)c(OCC)c1. The zero-order valence-corrected chi connectivity index (χ0v) is 20.4. The van der Waals surface area contributed by atoms with Crippen LogP contribution in [0, 0.1) is 0 Å². The van der Waals surface area contributed by atoms with E-state index in [2.05, 4.69) is 15.5 Å². The molecule has 0 fully saturated rings. The Labute approximate surface area is 202 Å². The number of ether oxygens (including phenoxy) is 4. The second-order valence-corrected chi connectivity index (χ2v) is 7.34. The van der Waals surface area contributed by atoms with E-state index in [4.69, 9.17) is 42.1 Å². The second kappa shape index (κ2) is 12.3. The molecule has 9 nitrogen and oxygen atoms in total. The van der Waals surface area contributed by atoms with Crippen molar-refractivity contribution in [1.82, 2.24) is 0 Å². The molecule has 0 aliphatic carbocycles. The number of amides is 1. The average molecular weight is 498 g/mol. The first-order valence-corrected chi connectivity index (χ1v) is 10.7. The molecule has 0 spiro atoms. The van der Waals surface area contributed by atoms with E-state index >= 15 is 0 Å². The summed E-state index contributed by atoms with van der Waals surface area (Å²) < 4.78 is 21.4. The van der Waals surface area contributed by atoms with Crippen LogP contribution in [-0.2, 0) is 9.59 Å². The van der Waals surface area contributed by atoms with E-state index in [0.717, 1.165) is 0 Å². The predicted octanol–water partition coefficient (Wildman–Crippen LogP) is 5.49. The van der Waals surface area contributed by atoms with Crippen LogP contribution in [0.5, 0.6) is 23.0 Å². The average Bonchev–Trinajstić information content (AvgIpc) is 2.76. The highest BCUT2D eigenvalue weighted by Gasteiger charge is 2.25. The Morgan fingerprint density at radius 2 is 1.61 bits per heavy atom. The molecule has 1 N–H and O–H groups in total. The maximum absolute atomic E-state index is 12.9. The van der Waals surface area contributed by atoms with Crippen LogP contribution in [0.4, 0.5) is 11.4 Å². The first-order chi connectivity index (χ1) is 15.7. The number of rotatable bonds is 11. The zero-order chi connectivity index (χ0) is 24.5. The van der Waals surface area contributed by atoms with Gasteiger partial charge in [0.2, 0.25) is 6.04 Å². The van der Waals surface area contributed by atoms with E-state index in [0.29, 0.717) is 35.5 Å². The van der Waals surface area contributed by atoms with Crippen molar-refractivity contribution in [3.8, 4) is 23.0 Å². The summed E-state index contributed by atoms with van der Waals surface area (Å²) in [5.41, 5.74) is 0.422. The number of halogens is 2. The lowest BCUT2D eigenvalue weighted by atomic mass is 10.2. The van der Waals surface area contributed by atoms with Crippen LogP contribution in [0.25, 0.3) is 0 Å². The number of carbonyl (C=O) groups excluding carboxylic acids is 2. The van der Waals surface area contributed by atoms with Crippen molar-refractivity contribution in [1.29, 1.82) is 0 Å². The molecule has 2 aromatic rings. The molecule has 11 heteroatoms. The summed E-state index contributed by atoms with van der Waals surface area (Å²) in [6, 6.07) is 4.67. The van der Waals surface area contributed by atoms with E-state index in [1.54, 1.807) is 19.1 Å². The fourth-order valence-corrected chi connectivity index (χ4v) is 3.23. The Hall–Kier alpha value is -3.04. The summed E-state index contributed by atoms with van der Waals surface area (Å²) in [6.45, 7) is 5.63. The van der Waals surface area contributed by atoms with Crippen molar-refractivity contribution in [2.24, 2.45) is 10.2 Å². The number of anilines is 1. The van der Waals surface area contributed by atoms with Gasteiger partial charge in [-0.3, -0.25) is 9.59 Å². The van der Waals surface area contributed by atoms with Crippen LogP contribution >= 0.6 is 23.2 Å². The fraction of sp³-hybridized carbons (Fsp3) is 0.364. The van der Waals surface area contributed by atoms with Crippen molar-refractivity contribution in [3.63, 3.8) is 0 Å². The quantitative estimate of drug-likeness (QED) is 0.324. The highest BCUT2D eigenvalue weighted by molar-refractivity contribution is 6.33. The van der Waals surface area contributed by atoms with E-state index < -0.39 is 17.7 Å². The maximum atomic E-state index is 12.9. The van der Waals surface area contributed by atoms with Gasteiger partial charge < -0.3 is 24.3 Å². The van der Waals surface area contributed by atoms with Gasteiger partial charge in [0.05, 0.1) is 43.2 Å². The number of hydrogen-bond donors (Lipinski definition) is 1. The molecule has 0 aliphatic heterocycles. The van der Waals surface area contributed by atoms with Gasteiger partial charge in [-0.05, 0) is 20.8 Å². The molecule has 0 saturated carbocycles. The summed E-state index contributed by atoms with van der Waals surface area (Å²) in [7, 11) is 2.85. The lowest BCUT2D eigenvalue weighted by molar-refractivity contribution is -0.126. The molecule has 33 heavy (non-hydrogen) atoms. The number of methoxy groups -OCH3 is 2. The summed E-state index contributed by atoms with van der Waals surface area (Å²) in [6.07, 6.45) is 0. The van der Waals surface area contributed by atoms with Gasteiger partial charge in [-0.15, -0.1) is 5.11 Å². The second-order valence-electron chi connectivity index (χ2n) is 6.52. The summed E-state index contributed by atoms with van der Waals surface area (Å²) in [5.74, 6) is 0.140. The Balaban J connectivity index is 2.37. The molecule has 1 unspecified atom stereocenters. The van der Waals surface area contributed by atoms with E-state index in [1.165, 1.54) is 33.3 Å². The number of ketones is 1. The number of nitrogens with one attached hydrogen (secondary N) is 1. The van der Waals surface area contributed by atoms with Crippen LogP contribution in [0.15, 0.2) is 34.5 Å². The number of benzene rings is 2. The molecule has 0 bridgehead atoms. The van der Waals surface area contributed by atoms with Crippen LogP contribution in [0.1, 0.15) is 20.8 Å². The summed E-state index contributed by atoms with van der Waals surface area (Å²) in [5, 5.41) is 11.1. The molecule has 0 saturated heterocycles. The van der Waals surface area contributed by atoms with Gasteiger partial charge in [-0.25, -0.2) is 0 Å². The number of carbonyl (C=O) groups is 2. The minimum Gasteiger partial charge on any atom is -0.495 e. The molecule has 178 valence electrons. The molecular formula is C22H25Cl2N3O6. The molecule has 0 heterocycles. The maximum Gasteiger partial charge on any atom is 0.258 e. The molecule has 1 amide bonds. The highest BCUT2D eigenvalue weighted by atomic mass is 35.5. The number of azo groups is 1. The number of hydrogen-bond acceptors (Lipinski definition) is 8. The van der Waals surface area contributed by atoms with Crippen LogP contribution in [0.2, 0.25) is 10.0 Å². The van der Waals surface area contributed by atoms with E-state index in [-0.39, 0.29) is 22.1 Å². The standard InChI is InChI=1S/C22H25Cl2N3O6/c1-6-32-13-8-15(24)21(19(9-13)33-7-2)27-26-20(12(3)28)22(29)25-16-11-17(30-4)14(23)10-18(16)31-5/h8-11,20H,6-7H2,1-5H3,(H,25,29). The molecule has 1 atom stereocenters. The van der Waals surface area contributed by atoms with Crippen LogP contribution < -0.4 is 24.3 Å². The molecule has 2 aromatic carbocycles. The van der Waals surface area contributed by atoms with Crippen LogP contribution in [-0.4, -0.2) is 45.2 Å². The van der Waals surface area contributed by atoms with Gasteiger partial charge >= 0.3 is 0 Å². The third-order valence-electron chi connectivity index (χ3n) is 4.25. The van der Waals surface area contributed by atoms with Crippen molar-refractivity contribution in [2.75, 3.05) is 32.8 Å². The predicted molar refractivity (Wildman–Crippen MR) is 126 cm³/mol. The lowest BCUT2D eigenvalue weighted by Gasteiger charge is -2.15. The number of Topliss-reactive ketones (excluding diaryl/α,β-unsaturated/α-hetero) is 1. The van der Waals surface area contributed by atoms with E-state index in [1.807, 2.05) is 6.92 Å². The number of nitrogens with zero attached hydrogens (tertiary/aromatic N) is 2. The monoisotopic (exact) mass is 497 g/mol. The van der Waals surface area contributed by atoms with Crippen molar-refractivity contribution in [3.05, 3.63) is 34.3 Å². The Morgan fingerprint density at radius 1 is 0.939 bits per heavy atom. The first kappa shape index (κ1) is 26.2. The van der Waals surface area contributed by atoms with Gasteiger partial charge in [0.1, 0.15) is 22.9 Å². The Kier molecular flexibility index (Phi) is 9.74. The Morgan fingerprint density at radius 3 is 2.18 bits per heavy atom. The summed E-state index contributed by atoms with van der Waals surface area (Å²) in [4.78, 5) is 25.1. The van der Waals surface area contributed by atoms with Gasteiger partial charge in [-0.2, -0.15) is 5.11 Å². The normalized spacial score (nSPS) is 11.7. The lowest BCUT2D eigenvalue weighted by Crippen LogP contribution is -2.32.